The van der Waals surface area contributed by atoms with Gasteiger partial charge in [0.15, 0.2) is 0 Å². The number of carbonyl (C=O) groups is 1. The summed E-state index contributed by atoms with van der Waals surface area (Å²) < 4.78 is 14.8. The molecular weight excluding hydrogens is 420 g/mol. The van der Waals surface area contributed by atoms with Crippen molar-refractivity contribution in [3.63, 3.8) is 0 Å². The molecule has 0 amide bonds. The predicted octanol–water partition coefficient (Wildman–Crippen LogP) is 3.70. The number of nitrogens with one attached hydrogen (secondary N) is 1. The predicted molar refractivity (Wildman–Crippen MR) is 124 cm³/mol. The van der Waals surface area contributed by atoms with Gasteiger partial charge < -0.3 is 18.6 Å². The van der Waals surface area contributed by atoms with E-state index in [4.69, 9.17) is 9.47 Å². The molecule has 0 radical (unpaired) electrons. The van der Waals surface area contributed by atoms with Crippen LogP contribution in [0.3, 0.4) is 0 Å². The number of hydrogen-bond donors (Lipinski definition) is 1. The molecule has 0 bridgehead atoms. The second-order valence-corrected chi connectivity index (χ2v) is 7.72. The molecule has 2 aromatic carbocycles. The number of ether oxygens (including phenoxy) is 2. The molecule has 0 atom stereocenters. The maximum absolute atomic E-state index is 12.2. The van der Waals surface area contributed by atoms with E-state index >= 15 is 0 Å². The highest BCUT2D eigenvalue weighted by Gasteiger charge is 2.21. The highest BCUT2D eigenvalue weighted by molar-refractivity contribution is 5.95. The Morgan fingerprint density at radius 1 is 1.06 bits per heavy atom. The van der Waals surface area contributed by atoms with Crippen molar-refractivity contribution in [2.45, 2.75) is 19.7 Å². The number of esters is 1. The van der Waals surface area contributed by atoms with Crippen LogP contribution in [0.15, 0.2) is 78.0 Å². The lowest BCUT2D eigenvalue weighted by atomic mass is 10.1. The van der Waals surface area contributed by atoms with Crippen molar-refractivity contribution < 1.29 is 14.3 Å². The molecular formula is C25H22N4O4. The molecule has 0 saturated carbocycles. The van der Waals surface area contributed by atoms with Gasteiger partial charge in [-0.1, -0.05) is 30.3 Å². The minimum atomic E-state index is -0.535. The highest BCUT2D eigenvalue weighted by atomic mass is 16.5. The van der Waals surface area contributed by atoms with Crippen molar-refractivity contribution in [1.29, 1.82) is 0 Å². The number of nitrogens with zero attached hydrogens (tertiary/aromatic N) is 3. The van der Waals surface area contributed by atoms with Crippen molar-refractivity contribution in [1.82, 2.24) is 19.3 Å². The van der Waals surface area contributed by atoms with Crippen molar-refractivity contribution in [2.24, 2.45) is 0 Å². The zero-order chi connectivity index (χ0) is 22.8. The van der Waals surface area contributed by atoms with Crippen molar-refractivity contribution in [2.75, 3.05) is 7.11 Å². The first kappa shape index (κ1) is 20.6. The maximum atomic E-state index is 12.2. The Kier molecular flexibility index (Phi) is 5.40. The van der Waals surface area contributed by atoms with Gasteiger partial charge in [-0.2, -0.15) is 5.10 Å². The number of pyridine rings is 1. The number of aromatic amines is 1. The molecule has 3 aromatic rings. The third kappa shape index (κ3) is 4.10. The van der Waals surface area contributed by atoms with E-state index in [-0.39, 0.29) is 11.1 Å². The minimum Gasteiger partial charge on any atom is -0.489 e. The van der Waals surface area contributed by atoms with Crippen LogP contribution in [0.2, 0.25) is 0 Å². The zero-order valence-electron chi connectivity index (χ0n) is 18.0. The largest absolute Gasteiger partial charge is 0.489 e. The summed E-state index contributed by atoms with van der Waals surface area (Å²) in [6, 6.07) is 18.1. The van der Waals surface area contributed by atoms with Crippen LogP contribution in [0, 0.1) is 0 Å². The van der Waals surface area contributed by atoms with Crippen LogP contribution in [0.5, 0.6) is 5.75 Å². The van der Waals surface area contributed by atoms with E-state index in [1.807, 2.05) is 59.3 Å². The molecule has 0 spiro atoms. The van der Waals surface area contributed by atoms with E-state index in [2.05, 4.69) is 20.8 Å². The fraction of sp³-hybridized carbons (Fsp3) is 0.160. The van der Waals surface area contributed by atoms with Gasteiger partial charge in [0.05, 0.1) is 18.2 Å². The summed E-state index contributed by atoms with van der Waals surface area (Å²) in [5.74, 6) is 0.259. The second kappa shape index (κ2) is 8.66. The van der Waals surface area contributed by atoms with Gasteiger partial charge in [0.1, 0.15) is 23.6 Å². The highest BCUT2D eigenvalue weighted by Crippen LogP contribution is 2.24. The molecule has 8 heteroatoms. The lowest BCUT2D eigenvalue weighted by Crippen LogP contribution is -2.14. The summed E-state index contributed by atoms with van der Waals surface area (Å²) in [4.78, 5) is 24.3. The molecule has 1 N–H and O–H groups in total. The topological polar surface area (TPSA) is 91.1 Å². The summed E-state index contributed by atoms with van der Waals surface area (Å²) in [7, 11) is 1.31. The summed E-state index contributed by atoms with van der Waals surface area (Å²) in [6.45, 7) is 1.68. The van der Waals surface area contributed by atoms with Gasteiger partial charge in [-0.05, 0) is 29.1 Å². The molecule has 3 heterocycles. The monoisotopic (exact) mass is 442 g/mol. The van der Waals surface area contributed by atoms with Crippen LogP contribution in [-0.4, -0.2) is 32.4 Å². The summed E-state index contributed by atoms with van der Waals surface area (Å²) in [5, 5.41) is 7.46. The fourth-order valence-electron chi connectivity index (χ4n) is 3.89. The molecule has 2 aliphatic rings. The first-order valence-corrected chi connectivity index (χ1v) is 10.5. The van der Waals surface area contributed by atoms with E-state index in [1.165, 1.54) is 7.11 Å². The molecule has 0 unspecified atom stereocenters. The fourth-order valence-corrected chi connectivity index (χ4v) is 3.89. The van der Waals surface area contributed by atoms with Gasteiger partial charge in [0.25, 0.3) is 5.56 Å². The minimum absolute atomic E-state index is 0.252. The SMILES string of the molecule is COC(=O)c1cn(CCn2ccc3ccc(OCc4ccccc4)cc32)cc2c(=O)[nH]nc1-2. The first-order chi connectivity index (χ1) is 16.1. The Bertz CT molecular complexity index is 1450. The number of hydrogen-bond acceptors (Lipinski definition) is 5. The smallest absolute Gasteiger partial charge is 0.341 e. The van der Waals surface area contributed by atoms with Gasteiger partial charge in [-0.15, -0.1) is 0 Å². The summed E-state index contributed by atoms with van der Waals surface area (Å²) >= 11 is 0. The maximum Gasteiger partial charge on any atom is 0.341 e. The number of H-pyrrole nitrogens is 1. The lowest BCUT2D eigenvalue weighted by Gasteiger charge is -2.13. The van der Waals surface area contributed by atoms with Crippen LogP contribution >= 0.6 is 0 Å². The molecule has 1 aromatic heterocycles. The lowest BCUT2D eigenvalue weighted by molar-refractivity contribution is 0.0600. The third-order valence-electron chi connectivity index (χ3n) is 5.61. The number of aromatic nitrogens is 4. The standard InChI is InChI=1S/C25H22N4O4/c1-32-25(31)21-15-28(14-20-23(21)26-27-24(20)30)11-12-29-10-9-18-7-8-19(13-22(18)29)33-16-17-5-3-2-4-6-17/h2-10,13-15H,11-12,16H2,1H3,(H,27,30). The third-order valence-corrected chi connectivity index (χ3v) is 5.61. The van der Waals surface area contributed by atoms with Crippen molar-refractivity contribution in [3.05, 3.63) is 94.7 Å². The molecule has 2 aliphatic heterocycles. The second-order valence-electron chi connectivity index (χ2n) is 7.72. The van der Waals surface area contributed by atoms with E-state index in [9.17, 15) is 9.59 Å². The Hall–Kier alpha value is -4.33. The Morgan fingerprint density at radius 2 is 1.91 bits per heavy atom. The van der Waals surface area contributed by atoms with Gasteiger partial charge in [-0.25, -0.2) is 9.89 Å². The zero-order valence-corrected chi connectivity index (χ0v) is 18.0. The molecule has 0 saturated heterocycles. The first-order valence-electron chi connectivity index (χ1n) is 10.5. The summed E-state index contributed by atoms with van der Waals surface area (Å²) in [5.41, 5.74) is 2.74. The van der Waals surface area contributed by atoms with E-state index in [1.54, 1.807) is 12.4 Å². The van der Waals surface area contributed by atoms with Crippen molar-refractivity contribution >= 4 is 16.9 Å². The van der Waals surface area contributed by atoms with Crippen LogP contribution < -0.4 is 10.3 Å². The van der Waals surface area contributed by atoms with Gasteiger partial charge in [-0.3, -0.25) is 4.79 Å². The molecule has 5 rings (SSSR count). The van der Waals surface area contributed by atoms with Gasteiger partial charge >= 0.3 is 5.97 Å². The number of methoxy groups -OCH3 is 1. The van der Waals surface area contributed by atoms with E-state index in [0.29, 0.717) is 31.0 Å². The van der Waals surface area contributed by atoms with Crippen LogP contribution in [0.4, 0.5) is 0 Å². The van der Waals surface area contributed by atoms with Crippen LogP contribution in [0.1, 0.15) is 15.9 Å². The summed E-state index contributed by atoms with van der Waals surface area (Å²) in [6.07, 6.45) is 5.38. The van der Waals surface area contributed by atoms with Gasteiger partial charge in [0, 0.05) is 37.7 Å². The Morgan fingerprint density at radius 3 is 2.73 bits per heavy atom. The molecule has 166 valence electrons. The average molecular weight is 442 g/mol. The normalized spacial score (nSPS) is 11.2. The molecule has 33 heavy (non-hydrogen) atoms. The number of carbonyl (C=O) groups excluding carboxylic acids is 1. The number of rotatable bonds is 7. The Balaban J connectivity index is 1.38. The number of aryl methyl sites for hydroxylation is 2. The van der Waals surface area contributed by atoms with E-state index < -0.39 is 5.97 Å². The molecule has 0 fully saturated rings. The number of benzene rings is 2. The van der Waals surface area contributed by atoms with E-state index in [0.717, 1.165) is 22.2 Å². The van der Waals surface area contributed by atoms with Crippen LogP contribution in [0.25, 0.3) is 22.2 Å². The van der Waals surface area contributed by atoms with Crippen molar-refractivity contribution in [3.8, 4) is 17.0 Å². The van der Waals surface area contributed by atoms with Gasteiger partial charge in [0.2, 0.25) is 0 Å². The number of fused-ring (bicyclic) bond motifs is 2. The molecule has 8 nitrogen and oxygen atoms in total. The van der Waals surface area contributed by atoms with Crippen LogP contribution in [-0.2, 0) is 24.4 Å². The quantitative estimate of drug-likeness (QED) is 0.388. The molecule has 0 aliphatic carbocycles. The Labute approximate surface area is 189 Å². The average Bonchev–Trinajstić information content (AvgIpc) is 3.44.